The molecule has 0 saturated carbocycles. The predicted octanol–water partition coefficient (Wildman–Crippen LogP) is 2.68. The lowest BCUT2D eigenvalue weighted by Gasteiger charge is -2.33. The van der Waals surface area contributed by atoms with Crippen molar-refractivity contribution in [2.45, 2.75) is 44.9 Å². The molecular weight excluding hydrogens is 342 g/mol. The van der Waals surface area contributed by atoms with Gasteiger partial charge in [-0.3, -0.25) is 9.78 Å². The van der Waals surface area contributed by atoms with Crippen molar-refractivity contribution in [1.29, 1.82) is 0 Å². The highest BCUT2D eigenvalue weighted by atomic mass is 16.4. The lowest BCUT2D eigenvalue weighted by atomic mass is 9.85. The van der Waals surface area contributed by atoms with Gasteiger partial charge in [0.2, 0.25) is 5.91 Å². The Kier molecular flexibility index (Phi) is 5.62. The number of oxazole rings is 1. The molecule has 2 fully saturated rings. The monoisotopic (exact) mass is 371 g/mol. The second kappa shape index (κ2) is 8.30. The van der Waals surface area contributed by atoms with Gasteiger partial charge in [-0.1, -0.05) is 18.9 Å². The lowest BCUT2D eigenvalue weighted by Crippen LogP contribution is -2.39. The molecule has 6 heteroatoms. The van der Waals surface area contributed by atoms with Crippen LogP contribution in [0.15, 0.2) is 27.4 Å². The average Bonchev–Trinajstić information content (AvgIpc) is 3.07. The van der Waals surface area contributed by atoms with E-state index in [-0.39, 0.29) is 5.91 Å². The standard InChI is InChI=1S/C21H29N3O3/c25-20(14-17-3-4-19-18(13-17)23-21(26)27-19)24-11-7-16(8-12-24)2-1-15-5-9-22-10-6-15/h3-4,13,15-16,22H,1-2,5-12,14H2,(H,23,26). The fourth-order valence-corrected chi connectivity index (χ4v) is 4.51. The van der Waals surface area contributed by atoms with Crippen molar-refractivity contribution in [3.8, 4) is 0 Å². The number of piperidine rings is 2. The van der Waals surface area contributed by atoms with Crippen LogP contribution in [0.25, 0.3) is 11.1 Å². The highest BCUT2D eigenvalue weighted by Gasteiger charge is 2.24. The third-order valence-electron chi connectivity index (χ3n) is 6.25. The molecule has 2 aliphatic rings. The third kappa shape index (κ3) is 4.61. The SMILES string of the molecule is O=C(Cc1ccc2oc(=O)[nH]c2c1)N1CCC(CCC2CCNCC2)CC1. The fourth-order valence-electron chi connectivity index (χ4n) is 4.51. The van der Waals surface area contributed by atoms with Crippen LogP contribution in [0.4, 0.5) is 0 Å². The van der Waals surface area contributed by atoms with Crippen molar-refractivity contribution in [3.63, 3.8) is 0 Å². The van der Waals surface area contributed by atoms with E-state index in [2.05, 4.69) is 10.3 Å². The van der Waals surface area contributed by atoms with Crippen molar-refractivity contribution in [1.82, 2.24) is 15.2 Å². The van der Waals surface area contributed by atoms with E-state index in [0.29, 0.717) is 17.5 Å². The minimum atomic E-state index is -0.458. The normalized spacial score (nSPS) is 19.6. The molecule has 27 heavy (non-hydrogen) atoms. The van der Waals surface area contributed by atoms with Gasteiger partial charge in [0.1, 0.15) is 0 Å². The molecule has 1 amide bonds. The number of fused-ring (bicyclic) bond motifs is 1. The van der Waals surface area contributed by atoms with Crippen molar-refractivity contribution in [2.75, 3.05) is 26.2 Å². The van der Waals surface area contributed by atoms with E-state index in [4.69, 9.17) is 4.42 Å². The van der Waals surface area contributed by atoms with Crippen molar-refractivity contribution < 1.29 is 9.21 Å². The summed E-state index contributed by atoms with van der Waals surface area (Å²) < 4.78 is 5.01. The highest BCUT2D eigenvalue weighted by Crippen LogP contribution is 2.27. The molecule has 4 rings (SSSR count). The van der Waals surface area contributed by atoms with Crippen molar-refractivity contribution >= 4 is 17.0 Å². The number of carbonyl (C=O) groups is 1. The maximum absolute atomic E-state index is 12.6. The van der Waals surface area contributed by atoms with Gasteiger partial charge in [0, 0.05) is 13.1 Å². The van der Waals surface area contributed by atoms with Gasteiger partial charge in [-0.05, 0) is 68.3 Å². The first-order chi connectivity index (χ1) is 13.2. The summed E-state index contributed by atoms with van der Waals surface area (Å²) in [5.41, 5.74) is 2.10. The molecule has 2 saturated heterocycles. The molecule has 0 spiro atoms. The molecule has 0 radical (unpaired) electrons. The molecule has 2 aromatic rings. The van der Waals surface area contributed by atoms with Crippen LogP contribution >= 0.6 is 0 Å². The Morgan fingerprint density at radius 1 is 1.07 bits per heavy atom. The molecule has 2 N–H and O–H groups in total. The van der Waals surface area contributed by atoms with Gasteiger partial charge in [0.05, 0.1) is 11.9 Å². The summed E-state index contributed by atoms with van der Waals surface area (Å²) in [7, 11) is 0. The Balaban J connectivity index is 1.24. The van der Waals surface area contributed by atoms with Gasteiger partial charge < -0.3 is 14.6 Å². The Hall–Kier alpha value is -2.08. The summed E-state index contributed by atoms with van der Waals surface area (Å²) in [4.78, 5) is 28.5. The summed E-state index contributed by atoms with van der Waals surface area (Å²) in [6, 6.07) is 5.45. The van der Waals surface area contributed by atoms with E-state index < -0.39 is 5.76 Å². The van der Waals surface area contributed by atoms with Crippen LogP contribution in [0, 0.1) is 11.8 Å². The van der Waals surface area contributed by atoms with E-state index in [1.165, 1.54) is 38.8 Å². The number of rotatable bonds is 5. The molecule has 1 aromatic carbocycles. The zero-order valence-corrected chi connectivity index (χ0v) is 15.8. The summed E-state index contributed by atoms with van der Waals surface area (Å²) in [6.45, 7) is 4.10. The minimum absolute atomic E-state index is 0.178. The number of benzene rings is 1. The van der Waals surface area contributed by atoms with Crippen molar-refractivity contribution in [3.05, 3.63) is 34.3 Å². The van der Waals surface area contributed by atoms with E-state index in [0.717, 1.165) is 43.3 Å². The van der Waals surface area contributed by atoms with E-state index >= 15 is 0 Å². The third-order valence-corrected chi connectivity index (χ3v) is 6.25. The fraction of sp³-hybridized carbons (Fsp3) is 0.619. The Labute approximate surface area is 159 Å². The molecule has 6 nitrogen and oxygen atoms in total. The molecule has 146 valence electrons. The van der Waals surface area contributed by atoms with Gasteiger partial charge >= 0.3 is 5.76 Å². The van der Waals surface area contributed by atoms with E-state index in [1.807, 2.05) is 17.0 Å². The first-order valence-electron chi connectivity index (χ1n) is 10.3. The smallest absolute Gasteiger partial charge is 0.408 e. The maximum Gasteiger partial charge on any atom is 0.417 e. The summed E-state index contributed by atoms with van der Waals surface area (Å²) in [5.74, 6) is 1.39. The first kappa shape index (κ1) is 18.3. The molecule has 2 aliphatic heterocycles. The lowest BCUT2D eigenvalue weighted by molar-refractivity contribution is -0.131. The van der Waals surface area contributed by atoms with Gasteiger partial charge in [0.25, 0.3) is 0 Å². The minimum Gasteiger partial charge on any atom is -0.408 e. The number of hydrogen-bond acceptors (Lipinski definition) is 4. The van der Waals surface area contributed by atoms with Gasteiger partial charge in [-0.2, -0.15) is 0 Å². The molecule has 0 unspecified atom stereocenters. The number of carbonyl (C=O) groups excluding carboxylic acids is 1. The number of aromatic nitrogens is 1. The molecule has 0 bridgehead atoms. The predicted molar refractivity (Wildman–Crippen MR) is 105 cm³/mol. The zero-order chi connectivity index (χ0) is 18.6. The highest BCUT2D eigenvalue weighted by molar-refractivity contribution is 5.81. The zero-order valence-electron chi connectivity index (χ0n) is 15.8. The molecule has 1 aromatic heterocycles. The Bertz CT molecular complexity index is 827. The number of likely N-dealkylation sites (tertiary alicyclic amines) is 1. The summed E-state index contributed by atoms with van der Waals surface area (Å²) >= 11 is 0. The van der Waals surface area contributed by atoms with Gasteiger partial charge in [-0.25, -0.2) is 4.79 Å². The number of hydrogen-bond donors (Lipinski definition) is 2. The number of nitrogens with one attached hydrogen (secondary N) is 2. The second-order valence-electron chi connectivity index (χ2n) is 8.12. The van der Waals surface area contributed by atoms with Crippen molar-refractivity contribution in [2.24, 2.45) is 11.8 Å². The van der Waals surface area contributed by atoms with Crippen LogP contribution in [0.5, 0.6) is 0 Å². The van der Waals surface area contributed by atoms with Gasteiger partial charge in [0.15, 0.2) is 5.58 Å². The quantitative estimate of drug-likeness (QED) is 0.847. The van der Waals surface area contributed by atoms with Crippen LogP contribution in [0.2, 0.25) is 0 Å². The Morgan fingerprint density at radius 3 is 2.52 bits per heavy atom. The van der Waals surface area contributed by atoms with Gasteiger partial charge in [-0.15, -0.1) is 0 Å². The largest absolute Gasteiger partial charge is 0.417 e. The number of aromatic amines is 1. The molecule has 3 heterocycles. The van der Waals surface area contributed by atoms with Crippen LogP contribution in [0.1, 0.15) is 44.1 Å². The van der Waals surface area contributed by atoms with E-state index in [1.54, 1.807) is 6.07 Å². The van der Waals surface area contributed by atoms with Crippen LogP contribution in [-0.2, 0) is 11.2 Å². The van der Waals surface area contributed by atoms with Crippen LogP contribution < -0.4 is 11.1 Å². The molecule has 0 aliphatic carbocycles. The first-order valence-corrected chi connectivity index (χ1v) is 10.3. The topological polar surface area (TPSA) is 78.3 Å². The second-order valence-corrected chi connectivity index (χ2v) is 8.12. The molecule has 0 atom stereocenters. The Morgan fingerprint density at radius 2 is 1.78 bits per heavy atom. The number of H-pyrrole nitrogens is 1. The maximum atomic E-state index is 12.6. The number of amides is 1. The summed E-state index contributed by atoms with van der Waals surface area (Å²) in [6.07, 6.45) is 7.95. The summed E-state index contributed by atoms with van der Waals surface area (Å²) in [5, 5.41) is 3.43. The van der Waals surface area contributed by atoms with Crippen LogP contribution in [-0.4, -0.2) is 42.0 Å². The van der Waals surface area contributed by atoms with E-state index in [9.17, 15) is 9.59 Å². The number of nitrogens with zero attached hydrogens (tertiary/aromatic N) is 1. The van der Waals surface area contributed by atoms with Crippen LogP contribution in [0.3, 0.4) is 0 Å². The average molecular weight is 371 g/mol. The molecular formula is C21H29N3O3.